The Morgan fingerprint density at radius 2 is 1.87 bits per heavy atom. The second kappa shape index (κ2) is 7.21. The number of hydrogen-bond donors (Lipinski definition) is 1. The van der Waals surface area contributed by atoms with E-state index in [0.29, 0.717) is 30.4 Å². The third-order valence-corrected chi connectivity index (χ3v) is 6.26. The van der Waals surface area contributed by atoms with Crippen molar-refractivity contribution < 1.29 is 22.7 Å². The molecule has 128 valence electrons. The predicted molar refractivity (Wildman–Crippen MR) is 88.8 cm³/mol. The molecule has 2 rings (SSSR count). The van der Waals surface area contributed by atoms with Crippen molar-refractivity contribution >= 4 is 21.4 Å². The summed E-state index contributed by atoms with van der Waals surface area (Å²) in [7, 11) is -3.48. The van der Waals surface area contributed by atoms with Gasteiger partial charge in [0.25, 0.3) is 0 Å². The Morgan fingerprint density at radius 3 is 2.52 bits per heavy atom. The Balaban J connectivity index is 2.06. The quantitative estimate of drug-likeness (QED) is 0.858. The van der Waals surface area contributed by atoms with Crippen LogP contribution >= 0.6 is 0 Å². The Kier molecular flexibility index (Phi) is 5.51. The maximum absolute atomic E-state index is 12.3. The molecule has 0 spiro atoms. The van der Waals surface area contributed by atoms with E-state index in [1.807, 2.05) is 13.8 Å². The molecule has 1 amide bonds. The van der Waals surface area contributed by atoms with Gasteiger partial charge in [-0.25, -0.2) is 8.42 Å². The number of anilines is 1. The molecular formula is C16H23NO5S. The van der Waals surface area contributed by atoms with Crippen LogP contribution < -0.4 is 14.8 Å². The van der Waals surface area contributed by atoms with Crippen molar-refractivity contribution in [2.45, 2.75) is 32.4 Å². The lowest BCUT2D eigenvalue weighted by Gasteiger charge is -2.20. The molecule has 0 aliphatic carbocycles. The summed E-state index contributed by atoms with van der Waals surface area (Å²) in [5.74, 6) is 0.671. The molecule has 0 radical (unpaired) electrons. The molecular weight excluding hydrogens is 318 g/mol. The molecule has 0 saturated carbocycles. The third-order valence-electron chi connectivity index (χ3n) is 3.93. The van der Waals surface area contributed by atoms with Crippen LogP contribution in [0.15, 0.2) is 18.2 Å². The van der Waals surface area contributed by atoms with Crippen molar-refractivity contribution in [2.24, 2.45) is 5.92 Å². The highest BCUT2D eigenvalue weighted by Crippen LogP contribution is 2.32. The molecule has 0 fully saturated rings. The standard InChI is InChI=1S/C16H23NO5S/c1-4-11(2)10-23(19,20)12(3)16(18)17-13-5-6-14-15(9-13)22-8-7-21-14/h5-6,9,11-12H,4,7-8,10H2,1-3H3,(H,17,18)/t11-,12-/m1/s1. The van der Waals surface area contributed by atoms with E-state index in [1.54, 1.807) is 18.2 Å². The Hall–Kier alpha value is -1.76. The highest BCUT2D eigenvalue weighted by atomic mass is 32.2. The number of fused-ring (bicyclic) bond motifs is 1. The highest BCUT2D eigenvalue weighted by molar-refractivity contribution is 7.92. The summed E-state index contributed by atoms with van der Waals surface area (Å²) in [6.45, 7) is 6.15. The molecule has 23 heavy (non-hydrogen) atoms. The second-order valence-corrected chi connectivity index (χ2v) is 8.20. The molecule has 0 unspecified atom stereocenters. The molecule has 0 bridgehead atoms. The van der Waals surface area contributed by atoms with Gasteiger partial charge in [-0.1, -0.05) is 20.3 Å². The minimum Gasteiger partial charge on any atom is -0.486 e. The molecule has 2 atom stereocenters. The van der Waals surface area contributed by atoms with Gasteiger partial charge in [-0.05, 0) is 25.0 Å². The van der Waals surface area contributed by atoms with Gasteiger partial charge in [-0.15, -0.1) is 0 Å². The molecule has 7 heteroatoms. The van der Waals surface area contributed by atoms with E-state index in [1.165, 1.54) is 6.92 Å². The summed E-state index contributed by atoms with van der Waals surface area (Å²) in [5.41, 5.74) is 0.491. The first-order valence-corrected chi connectivity index (χ1v) is 9.47. The summed E-state index contributed by atoms with van der Waals surface area (Å²) in [4.78, 5) is 12.2. The number of nitrogens with one attached hydrogen (secondary N) is 1. The van der Waals surface area contributed by atoms with Gasteiger partial charge in [-0.3, -0.25) is 4.79 Å². The van der Waals surface area contributed by atoms with Gasteiger partial charge in [0.05, 0.1) is 5.75 Å². The third kappa shape index (κ3) is 4.37. The van der Waals surface area contributed by atoms with Crippen LogP contribution in [0.1, 0.15) is 27.2 Å². The van der Waals surface area contributed by atoms with Crippen molar-refractivity contribution in [1.29, 1.82) is 0 Å². The minimum atomic E-state index is -3.48. The number of ether oxygens (including phenoxy) is 2. The lowest BCUT2D eigenvalue weighted by atomic mass is 10.2. The second-order valence-electron chi connectivity index (χ2n) is 5.83. The molecule has 1 aliphatic heterocycles. The van der Waals surface area contributed by atoms with E-state index in [0.717, 1.165) is 6.42 Å². The zero-order valence-electron chi connectivity index (χ0n) is 13.7. The van der Waals surface area contributed by atoms with E-state index in [-0.39, 0.29) is 11.7 Å². The van der Waals surface area contributed by atoms with E-state index in [2.05, 4.69) is 5.32 Å². The molecule has 1 aliphatic rings. The number of rotatable bonds is 6. The summed E-state index contributed by atoms with van der Waals surface area (Å²) in [6, 6.07) is 5.00. The number of amides is 1. The lowest BCUT2D eigenvalue weighted by molar-refractivity contribution is -0.115. The largest absolute Gasteiger partial charge is 0.486 e. The van der Waals surface area contributed by atoms with Crippen LogP contribution in [0.25, 0.3) is 0 Å². The number of hydrogen-bond acceptors (Lipinski definition) is 5. The van der Waals surface area contributed by atoms with Crippen LogP contribution in [-0.2, 0) is 14.6 Å². The lowest BCUT2D eigenvalue weighted by Crippen LogP contribution is -2.35. The summed E-state index contributed by atoms with van der Waals surface area (Å²) in [6.07, 6.45) is 0.760. The Bertz CT molecular complexity index is 671. The van der Waals surface area contributed by atoms with Gasteiger partial charge in [-0.2, -0.15) is 0 Å². The molecule has 1 aromatic carbocycles. The van der Waals surface area contributed by atoms with Crippen LogP contribution in [-0.4, -0.2) is 38.5 Å². The molecule has 1 aromatic rings. The first-order chi connectivity index (χ1) is 10.8. The van der Waals surface area contributed by atoms with Gasteiger partial charge in [0.2, 0.25) is 5.91 Å². The van der Waals surface area contributed by atoms with Gasteiger partial charge in [0.1, 0.15) is 18.5 Å². The van der Waals surface area contributed by atoms with Crippen LogP contribution in [0.2, 0.25) is 0 Å². The van der Waals surface area contributed by atoms with E-state index in [9.17, 15) is 13.2 Å². The van der Waals surface area contributed by atoms with E-state index in [4.69, 9.17) is 9.47 Å². The molecule has 0 saturated heterocycles. The van der Waals surface area contributed by atoms with E-state index >= 15 is 0 Å². The number of carbonyl (C=O) groups excluding carboxylic acids is 1. The van der Waals surface area contributed by atoms with Crippen LogP contribution in [0.3, 0.4) is 0 Å². The summed E-state index contributed by atoms with van der Waals surface area (Å²) < 4.78 is 35.4. The normalized spacial score (nSPS) is 16.5. The molecule has 1 N–H and O–H groups in total. The van der Waals surface area contributed by atoms with Crippen molar-refractivity contribution in [3.8, 4) is 11.5 Å². The van der Waals surface area contributed by atoms with Crippen molar-refractivity contribution in [2.75, 3.05) is 24.3 Å². The number of carbonyl (C=O) groups is 1. The average molecular weight is 341 g/mol. The summed E-state index contributed by atoms with van der Waals surface area (Å²) in [5, 5.41) is 1.54. The SMILES string of the molecule is CC[C@@H](C)CS(=O)(=O)[C@H](C)C(=O)Nc1ccc2c(c1)OCCO2. The van der Waals surface area contributed by atoms with Crippen molar-refractivity contribution in [3.05, 3.63) is 18.2 Å². The Morgan fingerprint density at radius 1 is 1.22 bits per heavy atom. The van der Waals surface area contributed by atoms with Gasteiger partial charge in [0, 0.05) is 11.8 Å². The van der Waals surface area contributed by atoms with Crippen LogP contribution in [0.5, 0.6) is 11.5 Å². The average Bonchev–Trinajstić information content (AvgIpc) is 2.53. The van der Waals surface area contributed by atoms with E-state index < -0.39 is 21.0 Å². The number of sulfone groups is 1. The fourth-order valence-electron chi connectivity index (χ4n) is 2.19. The monoisotopic (exact) mass is 341 g/mol. The van der Waals surface area contributed by atoms with Crippen molar-refractivity contribution in [3.63, 3.8) is 0 Å². The van der Waals surface area contributed by atoms with Crippen LogP contribution in [0.4, 0.5) is 5.69 Å². The topological polar surface area (TPSA) is 81.7 Å². The molecule has 1 heterocycles. The smallest absolute Gasteiger partial charge is 0.242 e. The maximum atomic E-state index is 12.3. The highest BCUT2D eigenvalue weighted by Gasteiger charge is 2.29. The fourth-order valence-corrected chi connectivity index (χ4v) is 3.89. The predicted octanol–water partition coefficient (Wildman–Crippen LogP) is 2.25. The van der Waals surface area contributed by atoms with Crippen molar-refractivity contribution in [1.82, 2.24) is 0 Å². The zero-order chi connectivity index (χ0) is 17.0. The molecule has 6 nitrogen and oxygen atoms in total. The minimum absolute atomic E-state index is 0.0131. The first-order valence-electron chi connectivity index (χ1n) is 7.75. The number of benzene rings is 1. The zero-order valence-corrected chi connectivity index (χ0v) is 14.5. The van der Waals surface area contributed by atoms with Gasteiger partial charge >= 0.3 is 0 Å². The molecule has 0 aromatic heterocycles. The first kappa shape index (κ1) is 17.6. The Labute approximate surface area is 137 Å². The maximum Gasteiger partial charge on any atom is 0.242 e. The summed E-state index contributed by atoms with van der Waals surface area (Å²) >= 11 is 0. The fraction of sp³-hybridized carbons (Fsp3) is 0.562. The van der Waals surface area contributed by atoms with Gasteiger partial charge in [0.15, 0.2) is 21.3 Å². The van der Waals surface area contributed by atoms with Crippen LogP contribution in [0, 0.1) is 5.92 Å². The van der Waals surface area contributed by atoms with Gasteiger partial charge < -0.3 is 14.8 Å².